The molecule has 0 aliphatic rings. The molecule has 3 aromatic rings. The quantitative estimate of drug-likeness (QED) is 0.431. The van der Waals surface area contributed by atoms with Crippen molar-refractivity contribution in [2.24, 2.45) is 0 Å². The molecule has 186 valence electrons. The summed E-state index contributed by atoms with van der Waals surface area (Å²) in [6.45, 7) is 3.02. The summed E-state index contributed by atoms with van der Waals surface area (Å²) >= 11 is 12.2. The van der Waals surface area contributed by atoms with Gasteiger partial charge in [0.25, 0.3) is 10.0 Å². The first-order valence-electron chi connectivity index (χ1n) is 10.4. The summed E-state index contributed by atoms with van der Waals surface area (Å²) < 4.78 is 51.3. The lowest BCUT2D eigenvalue weighted by atomic mass is 10.1. The van der Waals surface area contributed by atoms with Gasteiger partial charge in [-0.05, 0) is 61.9 Å². The number of amides is 1. The number of rotatable bonds is 8. The second kappa shape index (κ2) is 10.6. The first-order chi connectivity index (χ1) is 16.3. The fraction of sp³-hybridized carbons (Fsp3) is 0.208. The Hall–Kier alpha value is -2.59. The number of halogens is 2. The van der Waals surface area contributed by atoms with Crippen molar-refractivity contribution in [1.29, 1.82) is 0 Å². The average Bonchev–Trinajstić information content (AvgIpc) is 2.76. The summed E-state index contributed by atoms with van der Waals surface area (Å²) in [7, 11) is -7.48. The maximum absolute atomic E-state index is 13.5. The number of nitrogens with zero attached hydrogens (tertiary/aromatic N) is 1. The number of anilines is 1. The molecule has 0 aliphatic heterocycles. The number of nitrogens with one attached hydrogen (secondary N) is 1. The highest BCUT2D eigenvalue weighted by Gasteiger charge is 2.28. The maximum atomic E-state index is 13.5. The molecule has 11 heteroatoms. The Morgan fingerprint density at radius 2 is 1.40 bits per heavy atom. The van der Waals surface area contributed by atoms with Gasteiger partial charge in [-0.25, -0.2) is 16.8 Å². The normalized spacial score (nSPS) is 12.7. The third-order valence-corrected chi connectivity index (χ3v) is 8.57. The fourth-order valence-corrected chi connectivity index (χ4v) is 5.89. The van der Waals surface area contributed by atoms with Crippen LogP contribution >= 0.6 is 23.2 Å². The van der Waals surface area contributed by atoms with E-state index in [0.29, 0.717) is 5.56 Å². The van der Waals surface area contributed by atoms with Crippen LogP contribution in [0.2, 0.25) is 10.0 Å². The third-order valence-electron chi connectivity index (χ3n) is 5.22. The van der Waals surface area contributed by atoms with E-state index in [1.54, 1.807) is 31.2 Å². The van der Waals surface area contributed by atoms with Crippen LogP contribution < -0.4 is 9.62 Å². The molecule has 1 N–H and O–H groups in total. The van der Waals surface area contributed by atoms with Gasteiger partial charge in [-0.1, -0.05) is 53.0 Å². The summed E-state index contributed by atoms with van der Waals surface area (Å²) in [5.74, 6) is -0.573. The van der Waals surface area contributed by atoms with Gasteiger partial charge in [-0.3, -0.25) is 9.10 Å². The van der Waals surface area contributed by atoms with E-state index in [2.05, 4.69) is 5.32 Å². The van der Waals surface area contributed by atoms with Crippen LogP contribution in [0.3, 0.4) is 0 Å². The first-order valence-corrected chi connectivity index (χ1v) is 14.5. The molecule has 0 fully saturated rings. The van der Waals surface area contributed by atoms with Crippen molar-refractivity contribution < 1.29 is 21.6 Å². The smallest absolute Gasteiger partial charge is 0.264 e. The van der Waals surface area contributed by atoms with E-state index >= 15 is 0 Å². The molecule has 0 saturated carbocycles. The Bertz CT molecular complexity index is 1420. The van der Waals surface area contributed by atoms with Gasteiger partial charge in [0.05, 0.1) is 21.5 Å². The lowest BCUT2D eigenvalue weighted by molar-refractivity contribution is -0.120. The van der Waals surface area contributed by atoms with E-state index in [0.717, 1.165) is 16.1 Å². The van der Waals surface area contributed by atoms with Gasteiger partial charge in [0.2, 0.25) is 5.91 Å². The fourth-order valence-electron chi connectivity index (χ4n) is 3.34. The van der Waals surface area contributed by atoms with E-state index < -0.39 is 38.4 Å². The minimum Gasteiger partial charge on any atom is -0.348 e. The molecule has 1 atom stereocenters. The Morgan fingerprint density at radius 3 is 1.91 bits per heavy atom. The van der Waals surface area contributed by atoms with Crippen molar-refractivity contribution in [3.8, 4) is 0 Å². The zero-order chi connectivity index (χ0) is 26.0. The summed E-state index contributed by atoms with van der Waals surface area (Å²) in [6.07, 6.45) is 1.11. The van der Waals surface area contributed by atoms with E-state index in [1.807, 2.05) is 6.92 Å². The highest BCUT2D eigenvalue weighted by Crippen LogP contribution is 2.30. The van der Waals surface area contributed by atoms with Crippen molar-refractivity contribution in [3.63, 3.8) is 0 Å². The topological polar surface area (TPSA) is 101 Å². The van der Waals surface area contributed by atoms with E-state index in [4.69, 9.17) is 23.2 Å². The lowest BCUT2D eigenvalue weighted by Gasteiger charge is -2.25. The van der Waals surface area contributed by atoms with E-state index in [-0.39, 0.29) is 25.5 Å². The predicted octanol–water partition coefficient (Wildman–Crippen LogP) is 4.78. The van der Waals surface area contributed by atoms with Crippen LogP contribution in [-0.2, 0) is 24.7 Å². The number of aryl methyl sites for hydroxylation is 1. The van der Waals surface area contributed by atoms with Gasteiger partial charge in [-0.15, -0.1) is 0 Å². The predicted molar refractivity (Wildman–Crippen MR) is 138 cm³/mol. The minimum absolute atomic E-state index is 0.0106. The Balaban J connectivity index is 1.89. The highest BCUT2D eigenvalue weighted by atomic mass is 35.5. The number of carbonyl (C=O) groups is 1. The van der Waals surface area contributed by atoms with Crippen LogP contribution in [0.15, 0.2) is 76.5 Å². The lowest BCUT2D eigenvalue weighted by Crippen LogP contribution is -2.41. The Morgan fingerprint density at radius 1 is 0.886 bits per heavy atom. The molecule has 3 aromatic carbocycles. The van der Waals surface area contributed by atoms with Crippen molar-refractivity contribution in [3.05, 3.63) is 87.9 Å². The number of carbonyl (C=O) groups excluding carboxylic acids is 1. The summed E-state index contributed by atoms with van der Waals surface area (Å²) in [5, 5.41) is 3.19. The second-order valence-electron chi connectivity index (χ2n) is 8.08. The standard InChI is InChI=1S/C24H24Cl2N2O5S2/c1-16-4-8-23(9-5-16)35(32,33)28(21-13-19(25)12-20(26)14-21)15-24(29)27-17(2)18-6-10-22(11-7-18)34(3,30)31/h4-14,17H,15H2,1-3H3,(H,27,29)/t17-/m0/s1. The molecular formula is C24H24Cl2N2O5S2. The molecule has 0 heterocycles. The van der Waals surface area contributed by atoms with E-state index in [1.165, 1.54) is 42.5 Å². The molecule has 3 rings (SSSR count). The molecule has 0 unspecified atom stereocenters. The van der Waals surface area contributed by atoms with Crippen molar-refractivity contribution in [2.45, 2.75) is 29.7 Å². The summed E-state index contributed by atoms with van der Waals surface area (Å²) in [4.78, 5) is 13.1. The van der Waals surface area contributed by atoms with Gasteiger partial charge in [0.15, 0.2) is 9.84 Å². The molecule has 7 nitrogen and oxygen atoms in total. The zero-order valence-corrected chi connectivity index (χ0v) is 22.3. The van der Waals surface area contributed by atoms with Gasteiger partial charge in [-0.2, -0.15) is 0 Å². The van der Waals surface area contributed by atoms with Crippen LogP contribution in [0.5, 0.6) is 0 Å². The molecule has 0 spiro atoms. The van der Waals surface area contributed by atoms with Crippen molar-refractivity contribution >= 4 is 54.7 Å². The molecule has 35 heavy (non-hydrogen) atoms. The van der Waals surface area contributed by atoms with Crippen LogP contribution in [0, 0.1) is 6.92 Å². The van der Waals surface area contributed by atoms with Gasteiger partial charge in [0.1, 0.15) is 6.54 Å². The molecule has 0 radical (unpaired) electrons. The SMILES string of the molecule is Cc1ccc(S(=O)(=O)N(CC(=O)N[C@@H](C)c2ccc(S(C)(=O)=O)cc2)c2cc(Cl)cc(Cl)c2)cc1. The summed E-state index contributed by atoms with van der Waals surface area (Å²) in [5.41, 5.74) is 1.68. The Labute approximate surface area is 215 Å². The maximum Gasteiger partial charge on any atom is 0.264 e. The second-order valence-corrected chi connectivity index (χ2v) is 12.8. The Kier molecular flexibility index (Phi) is 8.16. The van der Waals surface area contributed by atoms with Gasteiger partial charge < -0.3 is 5.32 Å². The highest BCUT2D eigenvalue weighted by molar-refractivity contribution is 7.93. The van der Waals surface area contributed by atoms with E-state index in [9.17, 15) is 21.6 Å². The van der Waals surface area contributed by atoms with Gasteiger partial charge in [0, 0.05) is 16.3 Å². The average molecular weight is 556 g/mol. The molecule has 1 amide bonds. The molecule has 0 aromatic heterocycles. The van der Waals surface area contributed by atoms with Crippen LogP contribution in [-0.4, -0.2) is 35.5 Å². The van der Waals surface area contributed by atoms with Crippen LogP contribution in [0.1, 0.15) is 24.1 Å². The molecule has 0 bridgehead atoms. The van der Waals surface area contributed by atoms with Crippen LogP contribution in [0.4, 0.5) is 5.69 Å². The number of sulfone groups is 1. The molecular weight excluding hydrogens is 531 g/mol. The first kappa shape index (κ1) is 27.0. The number of hydrogen-bond acceptors (Lipinski definition) is 5. The number of hydrogen-bond donors (Lipinski definition) is 1. The number of benzene rings is 3. The molecule has 0 aliphatic carbocycles. The van der Waals surface area contributed by atoms with Crippen LogP contribution in [0.25, 0.3) is 0 Å². The van der Waals surface area contributed by atoms with Crippen molar-refractivity contribution in [1.82, 2.24) is 5.32 Å². The van der Waals surface area contributed by atoms with Crippen molar-refractivity contribution in [2.75, 3.05) is 17.1 Å². The van der Waals surface area contributed by atoms with Gasteiger partial charge >= 0.3 is 0 Å². The molecule has 0 saturated heterocycles. The number of sulfonamides is 1. The third kappa shape index (κ3) is 6.76. The largest absolute Gasteiger partial charge is 0.348 e. The summed E-state index contributed by atoms with van der Waals surface area (Å²) in [6, 6.07) is 16.1. The monoisotopic (exact) mass is 554 g/mol. The zero-order valence-electron chi connectivity index (χ0n) is 19.2. The minimum atomic E-state index is -4.13.